The van der Waals surface area contributed by atoms with Crippen molar-refractivity contribution < 1.29 is 4.74 Å². The van der Waals surface area contributed by atoms with E-state index in [1.165, 1.54) is 35.8 Å². The van der Waals surface area contributed by atoms with Crippen molar-refractivity contribution in [3.63, 3.8) is 0 Å². The molecule has 1 aromatic heterocycles. The molecule has 120 valence electrons. The lowest BCUT2D eigenvalue weighted by Crippen LogP contribution is -2.36. The minimum Gasteiger partial charge on any atom is -0.490 e. The SMILES string of the molecule is CCCN[C@H]1CC[C@@H](Oc2cc(C)c3[nH]ncc3c2C)CC1. The number of aromatic nitrogens is 2. The predicted octanol–water partition coefficient (Wildman–Crippen LogP) is 3.87. The van der Waals surface area contributed by atoms with Crippen LogP contribution in [-0.2, 0) is 0 Å². The van der Waals surface area contributed by atoms with Crippen molar-refractivity contribution in [1.29, 1.82) is 0 Å². The van der Waals surface area contributed by atoms with E-state index in [4.69, 9.17) is 4.74 Å². The maximum absolute atomic E-state index is 6.33. The second-order valence-corrected chi connectivity index (χ2v) is 6.52. The summed E-state index contributed by atoms with van der Waals surface area (Å²) in [5.74, 6) is 1.02. The topological polar surface area (TPSA) is 49.9 Å². The molecule has 2 N–H and O–H groups in total. The maximum atomic E-state index is 6.33. The third-order valence-corrected chi connectivity index (χ3v) is 4.81. The highest BCUT2D eigenvalue weighted by Gasteiger charge is 2.23. The molecule has 3 rings (SSSR count). The third-order valence-electron chi connectivity index (χ3n) is 4.81. The number of benzene rings is 1. The van der Waals surface area contributed by atoms with Gasteiger partial charge in [-0.3, -0.25) is 5.10 Å². The average Bonchev–Trinajstić information content (AvgIpc) is 3.02. The van der Waals surface area contributed by atoms with E-state index in [-0.39, 0.29) is 0 Å². The number of nitrogens with one attached hydrogen (secondary N) is 2. The molecular weight excluding hydrogens is 274 g/mol. The van der Waals surface area contributed by atoms with E-state index in [2.05, 4.69) is 42.4 Å². The first-order chi connectivity index (χ1) is 10.7. The first-order valence-electron chi connectivity index (χ1n) is 8.52. The molecule has 0 aliphatic heterocycles. The van der Waals surface area contributed by atoms with E-state index in [1.807, 2.05) is 6.20 Å². The Hall–Kier alpha value is -1.55. The van der Waals surface area contributed by atoms with Crippen LogP contribution in [0.15, 0.2) is 12.3 Å². The second kappa shape index (κ2) is 6.69. The summed E-state index contributed by atoms with van der Waals surface area (Å²) in [6.45, 7) is 7.59. The van der Waals surface area contributed by atoms with Gasteiger partial charge >= 0.3 is 0 Å². The van der Waals surface area contributed by atoms with Crippen LogP contribution in [0.25, 0.3) is 10.9 Å². The Balaban J connectivity index is 1.66. The molecule has 1 aliphatic carbocycles. The highest BCUT2D eigenvalue weighted by Crippen LogP contribution is 2.32. The second-order valence-electron chi connectivity index (χ2n) is 6.52. The number of hydrogen-bond acceptors (Lipinski definition) is 3. The van der Waals surface area contributed by atoms with Crippen LogP contribution < -0.4 is 10.1 Å². The lowest BCUT2D eigenvalue weighted by Gasteiger charge is -2.30. The molecule has 1 saturated carbocycles. The van der Waals surface area contributed by atoms with Crippen LogP contribution in [0.2, 0.25) is 0 Å². The van der Waals surface area contributed by atoms with Gasteiger partial charge in [0.15, 0.2) is 0 Å². The Kier molecular flexibility index (Phi) is 4.67. The summed E-state index contributed by atoms with van der Waals surface area (Å²) in [5.41, 5.74) is 3.52. The van der Waals surface area contributed by atoms with E-state index in [1.54, 1.807) is 0 Å². The summed E-state index contributed by atoms with van der Waals surface area (Å²) >= 11 is 0. The monoisotopic (exact) mass is 301 g/mol. The van der Waals surface area contributed by atoms with Gasteiger partial charge in [0, 0.05) is 17.0 Å². The van der Waals surface area contributed by atoms with Gasteiger partial charge in [0.1, 0.15) is 5.75 Å². The summed E-state index contributed by atoms with van der Waals surface area (Å²) in [5, 5.41) is 12.0. The number of hydrogen-bond donors (Lipinski definition) is 2. The van der Waals surface area contributed by atoms with Gasteiger partial charge < -0.3 is 10.1 Å². The zero-order valence-electron chi connectivity index (χ0n) is 13.9. The van der Waals surface area contributed by atoms with Crippen molar-refractivity contribution >= 4 is 10.9 Å². The molecule has 4 nitrogen and oxygen atoms in total. The van der Waals surface area contributed by atoms with Gasteiger partial charge in [0.05, 0.1) is 17.8 Å². The van der Waals surface area contributed by atoms with Gasteiger partial charge in [0.2, 0.25) is 0 Å². The highest BCUT2D eigenvalue weighted by molar-refractivity contribution is 5.86. The van der Waals surface area contributed by atoms with Crippen molar-refractivity contribution in [3.8, 4) is 5.75 Å². The van der Waals surface area contributed by atoms with Crippen LogP contribution in [0.5, 0.6) is 5.75 Å². The molecule has 1 aliphatic rings. The molecule has 4 heteroatoms. The Bertz CT molecular complexity index is 627. The van der Waals surface area contributed by atoms with Gasteiger partial charge in [-0.05, 0) is 64.1 Å². The van der Waals surface area contributed by atoms with E-state index >= 15 is 0 Å². The van der Waals surface area contributed by atoms with E-state index < -0.39 is 0 Å². The lowest BCUT2D eigenvalue weighted by atomic mass is 9.92. The third kappa shape index (κ3) is 3.12. The molecule has 0 saturated heterocycles. The molecule has 0 unspecified atom stereocenters. The number of H-pyrrole nitrogens is 1. The summed E-state index contributed by atoms with van der Waals surface area (Å²) in [6, 6.07) is 2.83. The molecule has 0 atom stereocenters. The lowest BCUT2D eigenvalue weighted by molar-refractivity contribution is 0.139. The fourth-order valence-corrected chi connectivity index (χ4v) is 3.42. The van der Waals surface area contributed by atoms with E-state index in [0.29, 0.717) is 12.1 Å². The molecule has 2 aromatic rings. The van der Waals surface area contributed by atoms with Crippen LogP contribution in [0, 0.1) is 13.8 Å². The molecule has 0 bridgehead atoms. The maximum Gasteiger partial charge on any atom is 0.123 e. The van der Waals surface area contributed by atoms with Crippen LogP contribution in [0.1, 0.15) is 50.2 Å². The van der Waals surface area contributed by atoms with Crippen molar-refractivity contribution in [2.45, 2.75) is 65.0 Å². The zero-order valence-corrected chi connectivity index (χ0v) is 13.9. The number of nitrogens with zero attached hydrogens (tertiary/aromatic N) is 1. The van der Waals surface area contributed by atoms with Crippen LogP contribution in [0.4, 0.5) is 0 Å². The number of fused-ring (bicyclic) bond motifs is 1. The van der Waals surface area contributed by atoms with E-state index in [9.17, 15) is 0 Å². The predicted molar refractivity (Wildman–Crippen MR) is 90.5 cm³/mol. The Morgan fingerprint density at radius 3 is 2.77 bits per heavy atom. The fourth-order valence-electron chi connectivity index (χ4n) is 3.42. The smallest absolute Gasteiger partial charge is 0.123 e. The molecule has 1 fully saturated rings. The molecule has 0 amide bonds. The molecule has 22 heavy (non-hydrogen) atoms. The van der Waals surface area contributed by atoms with Gasteiger partial charge in [0.25, 0.3) is 0 Å². The summed E-state index contributed by atoms with van der Waals surface area (Å²) in [6.07, 6.45) is 8.18. The number of rotatable bonds is 5. The van der Waals surface area contributed by atoms with Gasteiger partial charge in [-0.1, -0.05) is 6.92 Å². The van der Waals surface area contributed by atoms with Crippen LogP contribution in [-0.4, -0.2) is 28.9 Å². The molecule has 1 heterocycles. The number of aryl methyl sites for hydroxylation is 2. The minimum absolute atomic E-state index is 0.349. The standard InChI is InChI=1S/C18H27N3O/c1-4-9-19-14-5-7-15(8-6-14)22-17-10-12(2)18-16(13(17)3)11-20-21-18/h10-11,14-15,19H,4-9H2,1-3H3,(H,20,21)/t14-,15+. The molecule has 0 radical (unpaired) electrons. The normalized spacial score (nSPS) is 22.1. The summed E-state index contributed by atoms with van der Waals surface area (Å²) < 4.78 is 6.33. The van der Waals surface area contributed by atoms with Crippen molar-refractivity contribution in [1.82, 2.24) is 15.5 Å². The molecule has 1 aromatic carbocycles. The van der Waals surface area contributed by atoms with Crippen LogP contribution >= 0.6 is 0 Å². The molecule has 0 spiro atoms. The summed E-state index contributed by atoms with van der Waals surface area (Å²) in [7, 11) is 0. The first-order valence-corrected chi connectivity index (χ1v) is 8.52. The largest absolute Gasteiger partial charge is 0.490 e. The van der Waals surface area contributed by atoms with Gasteiger partial charge in [-0.25, -0.2) is 0 Å². The Labute approximate surface area is 132 Å². The number of ether oxygens (including phenoxy) is 1. The Morgan fingerprint density at radius 2 is 2.05 bits per heavy atom. The zero-order chi connectivity index (χ0) is 15.5. The first kappa shape index (κ1) is 15.3. The van der Waals surface area contributed by atoms with Crippen molar-refractivity contribution in [2.24, 2.45) is 0 Å². The van der Waals surface area contributed by atoms with Gasteiger partial charge in [-0.15, -0.1) is 0 Å². The highest BCUT2D eigenvalue weighted by atomic mass is 16.5. The fraction of sp³-hybridized carbons (Fsp3) is 0.611. The average molecular weight is 301 g/mol. The quantitative estimate of drug-likeness (QED) is 0.881. The van der Waals surface area contributed by atoms with Crippen LogP contribution in [0.3, 0.4) is 0 Å². The minimum atomic E-state index is 0.349. The van der Waals surface area contributed by atoms with Gasteiger partial charge in [-0.2, -0.15) is 5.10 Å². The van der Waals surface area contributed by atoms with E-state index in [0.717, 1.165) is 30.7 Å². The van der Waals surface area contributed by atoms with Crippen molar-refractivity contribution in [3.05, 3.63) is 23.4 Å². The number of aromatic amines is 1. The summed E-state index contributed by atoms with van der Waals surface area (Å²) in [4.78, 5) is 0. The van der Waals surface area contributed by atoms with Crippen molar-refractivity contribution in [2.75, 3.05) is 6.54 Å². The Morgan fingerprint density at radius 1 is 1.27 bits per heavy atom. The molecular formula is C18H27N3O.